The number of carbonyl (C=O) groups is 1. The summed E-state index contributed by atoms with van der Waals surface area (Å²) in [4.78, 5) is 19.0. The molecule has 0 radical (unpaired) electrons. The Morgan fingerprint density at radius 3 is 2.90 bits per heavy atom. The Bertz CT molecular complexity index is 695. The van der Waals surface area contributed by atoms with Crippen LogP contribution >= 0.6 is 0 Å². The number of aliphatic hydroxyl groups is 1. The Morgan fingerprint density at radius 1 is 1.19 bits per heavy atom. The fourth-order valence-corrected chi connectivity index (χ4v) is 3.84. The number of carbonyl (C=O) groups excluding carboxylic acids is 1. The fraction of sp³-hybridized carbons (Fsp3) is 0.412. The van der Waals surface area contributed by atoms with Crippen molar-refractivity contribution in [2.75, 3.05) is 13.1 Å². The number of aromatic nitrogens is 1. The second-order valence-corrected chi connectivity index (χ2v) is 6.16. The lowest BCUT2D eigenvalue weighted by Gasteiger charge is -2.18. The summed E-state index contributed by atoms with van der Waals surface area (Å²) in [5.41, 5.74) is 0.530. The van der Waals surface area contributed by atoms with Crippen LogP contribution in [0.1, 0.15) is 23.3 Å². The molecule has 1 aliphatic heterocycles. The summed E-state index contributed by atoms with van der Waals surface area (Å²) < 4.78 is 0. The van der Waals surface area contributed by atoms with E-state index in [0.29, 0.717) is 18.2 Å². The second kappa shape index (κ2) is 4.81. The van der Waals surface area contributed by atoms with Gasteiger partial charge in [0.1, 0.15) is 5.69 Å². The monoisotopic (exact) mass is 282 g/mol. The molecule has 3 atom stereocenters. The molecule has 0 unspecified atom stereocenters. The molecule has 2 heterocycles. The highest BCUT2D eigenvalue weighted by atomic mass is 16.3. The summed E-state index contributed by atoms with van der Waals surface area (Å²) in [7, 11) is 0. The van der Waals surface area contributed by atoms with Crippen LogP contribution in [-0.4, -0.2) is 40.1 Å². The Kier molecular flexibility index (Phi) is 2.93. The molecule has 1 aromatic heterocycles. The number of hydrogen-bond donors (Lipinski definition) is 1. The quantitative estimate of drug-likeness (QED) is 0.871. The highest BCUT2D eigenvalue weighted by molar-refractivity contribution is 6.05. The van der Waals surface area contributed by atoms with Crippen LogP contribution in [-0.2, 0) is 0 Å². The van der Waals surface area contributed by atoms with Gasteiger partial charge in [-0.05, 0) is 30.2 Å². The number of fused-ring (bicyclic) bond motifs is 2. The van der Waals surface area contributed by atoms with E-state index in [1.807, 2.05) is 35.2 Å². The molecule has 1 aromatic carbocycles. The second-order valence-electron chi connectivity index (χ2n) is 6.16. The molecule has 21 heavy (non-hydrogen) atoms. The van der Waals surface area contributed by atoms with Crippen LogP contribution in [0.5, 0.6) is 0 Å². The molecule has 2 aromatic rings. The number of benzene rings is 1. The summed E-state index contributed by atoms with van der Waals surface area (Å²) in [6, 6.07) is 9.77. The van der Waals surface area contributed by atoms with E-state index in [-0.39, 0.29) is 17.9 Å². The maximum absolute atomic E-state index is 12.8. The van der Waals surface area contributed by atoms with Gasteiger partial charge in [0.15, 0.2) is 0 Å². The first kappa shape index (κ1) is 12.8. The first-order valence-corrected chi connectivity index (χ1v) is 7.55. The zero-order valence-electron chi connectivity index (χ0n) is 11.8. The van der Waals surface area contributed by atoms with Gasteiger partial charge in [0.05, 0.1) is 6.10 Å². The molecule has 1 amide bonds. The van der Waals surface area contributed by atoms with Gasteiger partial charge in [0, 0.05) is 30.6 Å². The van der Waals surface area contributed by atoms with Crippen LogP contribution in [0.4, 0.5) is 0 Å². The predicted octanol–water partition coefficient (Wildman–Crippen LogP) is 2.08. The molecule has 0 bridgehead atoms. The standard InChI is InChI=1S/C17H18N2O2/c20-15-6-5-12-9-19(10-14(12)15)17(21)16-13-4-2-1-3-11(13)7-8-18-16/h1-4,7-8,12,14-15,20H,5-6,9-10H2/t12-,14+,15-/m1/s1. The zero-order chi connectivity index (χ0) is 14.4. The van der Waals surface area contributed by atoms with Crippen molar-refractivity contribution in [2.45, 2.75) is 18.9 Å². The van der Waals surface area contributed by atoms with Crippen LogP contribution < -0.4 is 0 Å². The molecule has 4 nitrogen and oxygen atoms in total. The van der Waals surface area contributed by atoms with Gasteiger partial charge in [-0.2, -0.15) is 0 Å². The number of likely N-dealkylation sites (tertiary alicyclic amines) is 1. The third-order valence-corrected chi connectivity index (χ3v) is 4.98. The topological polar surface area (TPSA) is 53.4 Å². The minimum absolute atomic E-state index is 0.00611. The average molecular weight is 282 g/mol. The summed E-state index contributed by atoms with van der Waals surface area (Å²) >= 11 is 0. The van der Waals surface area contributed by atoms with Gasteiger partial charge in [-0.15, -0.1) is 0 Å². The molecular formula is C17H18N2O2. The normalized spacial score (nSPS) is 28.0. The van der Waals surface area contributed by atoms with Gasteiger partial charge in [-0.3, -0.25) is 9.78 Å². The predicted molar refractivity (Wildman–Crippen MR) is 79.9 cm³/mol. The number of amides is 1. The minimum Gasteiger partial charge on any atom is -0.393 e. The molecule has 4 rings (SSSR count). The number of nitrogens with zero attached hydrogens (tertiary/aromatic N) is 2. The lowest BCUT2D eigenvalue weighted by molar-refractivity contribution is 0.0749. The lowest BCUT2D eigenvalue weighted by atomic mass is 10.00. The van der Waals surface area contributed by atoms with Crippen molar-refractivity contribution in [1.29, 1.82) is 0 Å². The Labute approximate surface area is 123 Å². The van der Waals surface area contributed by atoms with Gasteiger partial charge in [-0.1, -0.05) is 24.3 Å². The summed E-state index contributed by atoms with van der Waals surface area (Å²) in [5.74, 6) is 0.705. The molecule has 0 spiro atoms. The van der Waals surface area contributed by atoms with Crippen molar-refractivity contribution in [1.82, 2.24) is 9.88 Å². The molecule has 108 valence electrons. The molecule has 1 aliphatic carbocycles. The van der Waals surface area contributed by atoms with Crippen LogP contribution in [0, 0.1) is 11.8 Å². The highest BCUT2D eigenvalue weighted by Gasteiger charge is 2.43. The zero-order valence-corrected chi connectivity index (χ0v) is 11.8. The van der Waals surface area contributed by atoms with Crippen LogP contribution in [0.2, 0.25) is 0 Å². The van der Waals surface area contributed by atoms with E-state index in [1.54, 1.807) is 6.20 Å². The first-order chi connectivity index (χ1) is 10.2. The van der Waals surface area contributed by atoms with E-state index < -0.39 is 0 Å². The van der Waals surface area contributed by atoms with Crippen molar-refractivity contribution >= 4 is 16.7 Å². The smallest absolute Gasteiger partial charge is 0.273 e. The number of hydrogen-bond acceptors (Lipinski definition) is 3. The highest BCUT2D eigenvalue weighted by Crippen LogP contribution is 2.38. The van der Waals surface area contributed by atoms with E-state index >= 15 is 0 Å². The summed E-state index contributed by atoms with van der Waals surface area (Å²) in [6.07, 6.45) is 3.36. The van der Waals surface area contributed by atoms with Crippen LogP contribution in [0.3, 0.4) is 0 Å². The summed E-state index contributed by atoms with van der Waals surface area (Å²) in [5, 5.41) is 11.9. The van der Waals surface area contributed by atoms with Crippen molar-refractivity contribution in [3.05, 3.63) is 42.2 Å². The lowest BCUT2D eigenvalue weighted by Crippen LogP contribution is -2.31. The first-order valence-electron chi connectivity index (χ1n) is 7.55. The van der Waals surface area contributed by atoms with Crippen molar-refractivity contribution in [3.8, 4) is 0 Å². The largest absolute Gasteiger partial charge is 0.393 e. The Hall–Kier alpha value is -1.94. The Balaban J connectivity index is 1.66. The average Bonchev–Trinajstić information content (AvgIpc) is 3.08. The molecule has 4 heteroatoms. The molecular weight excluding hydrogens is 264 g/mol. The summed E-state index contributed by atoms with van der Waals surface area (Å²) in [6.45, 7) is 1.42. The van der Waals surface area contributed by atoms with Crippen molar-refractivity contribution in [2.24, 2.45) is 11.8 Å². The van der Waals surface area contributed by atoms with E-state index in [0.717, 1.165) is 30.2 Å². The Morgan fingerprint density at radius 2 is 2.05 bits per heavy atom. The van der Waals surface area contributed by atoms with Crippen molar-refractivity contribution in [3.63, 3.8) is 0 Å². The third-order valence-electron chi connectivity index (χ3n) is 4.98. The van der Waals surface area contributed by atoms with E-state index in [2.05, 4.69) is 4.98 Å². The minimum atomic E-state index is -0.242. The molecule has 1 N–H and O–H groups in total. The van der Waals surface area contributed by atoms with Gasteiger partial charge in [-0.25, -0.2) is 0 Å². The number of aliphatic hydroxyl groups excluding tert-OH is 1. The fourth-order valence-electron chi connectivity index (χ4n) is 3.84. The molecule has 2 fully saturated rings. The third kappa shape index (κ3) is 2.02. The van der Waals surface area contributed by atoms with E-state index in [1.165, 1.54) is 0 Å². The molecule has 1 saturated carbocycles. The van der Waals surface area contributed by atoms with Gasteiger partial charge >= 0.3 is 0 Å². The van der Waals surface area contributed by atoms with Gasteiger partial charge in [0.2, 0.25) is 0 Å². The van der Waals surface area contributed by atoms with Gasteiger partial charge < -0.3 is 10.0 Å². The maximum atomic E-state index is 12.8. The van der Waals surface area contributed by atoms with Crippen LogP contribution in [0.25, 0.3) is 10.8 Å². The van der Waals surface area contributed by atoms with E-state index in [4.69, 9.17) is 0 Å². The van der Waals surface area contributed by atoms with Gasteiger partial charge in [0.25, 0.3) is 5.91 Å². The maximum Gasteiger partial charge on any atom is 0.273 e. The molecule has 1 saturated heterocycles. The van der Waals surface area contributed by atoms with Crippen molar-refractivity contribution < 1.29 is 9.90 Å². The SMILES string of the molecule is O=C(c1nccc2ccccc12)N1C[C@H]2CC[C@@H](O)[C@H]2C1. The van der Waals surface area contributed by atoms with Crippen LogP contribution in [0.15, 0.2) is 36.5 Å². The molecule has 2 aliphatic rings. The van der Waals surface area contributed by atoms with E-state index in [9.17, 15) is 9.90 Å². The number of rotatable bonds is 1. The number of pyridine rings is 1.